The van der Waals surface area contributed by atoms with Crippen LogP contribution in [0.2, 0.25) is 0 Å². The van der Waals surface area contributed by atoms with Crippen LogP contribution in [-0.2, 0) is 14.9 Å². The maximum Gasteiger partial charge on any atom is 0.410 e. The lowest BCUT2D eigenvalue weighted by Gasteiger charge is -2.42. The van der Waals surface area contributed by atoms with Crippen molar-refractivity contribution in [2.24, 2.45) is 0 Å². The van der Waals surface area contributed by atoms with Crippen LogP contribution in [-0.4, -0.2) is 36.3 Å². The zero-order chi connectivity index (χ0) is 22.6. The molecule has 2 aromatic carbocycles. The van der Waals surface area contributed by atoms with Crippen molar-refractivity contribution in [1.82, 2.24) is 4.90 Å². The van der Waals surface area contributed by atoms with Gasteiger partial charge in [-0.3, -0.25) is 0 Å². The highest BCUT2D eigenvalue weighted by molar-refractivity contribution is 9.10. The Morgan fingerprint density at radius 2 is 1.81 bits per heavy atom. The van der Waals surface area contributed by atoms with E-state index < -0.39 is 5.60 Å². The monoisotopic (exact) mass is 491 g/mol. The van der Waals surface area contributed by atoms with E-state index in [1.807, 2.05) is 52.0 Å². The van der Waals surface area contributed by atoms with Crippen LogP contribution in [0.1, 0.15) is 57.8 Å². The molecule has 1 heterocycles. The second-order valence-corrected chi connectivity index (χ2v) is 10.2. The predicted octanol–water partition coefficient (Wildman–Crippen LogP) is 6.63. The molecule has 0 aromatic heterocycles. The van der Waals surface area contributed by atoms with Gasteiger partial charge >= 0.3 is 6.09 Å². The van der Waals surface area contributed by atoms with Gasteiger partial charge in [0.2, 0.25) is 0 Å². The van der Waals surface area contributed by atoms with Crippen LogP contribution in [0.4, 0.5) is 9.18 Å². The Balaban J connectivity index is 1.73. The topological polar surface area (TPSA) is 38.8 Å². The van der Waals surface area contributed by atoms with E-state index >= 15 is 0 Å². The molecule has 0 bridgehead atoms. The highest BCUT2D eigenvalue weighted by Gasteiger charge is 2.39. The Morgan fingerprint density at radius 3 is 2.39 bits per heavy atom. The second-order valence-electron chi connectivity index (χ2n) is 9.27. The Hall–Kier alpha value is -1.92. The van der Waals surface area contributed by atoms with E-state index in [0.29, 0.717) is 24.2 Å². The average Bonchev–Trinajstić information content (AvgIpc) is 2.71. The third-order valence-corrected chi connectivity index (χ3v) is 6.18. The Morgan fingerprint density at radius 1 is 1.16 bits per heavy atom. The molecule has 31 heavy (non-hydrogen) atoms. The van der Waals surface area contributed by atoms with Gasteiger partial charge in [0, 0.05) is 23.0 Å². The molecule has 1 amide bonds. The summed E-state index contributed by atoms with van der Waals surface area (Å²) in [6.45, 7) is 9.28. The van der Waals surface area contributed by atoms with Gasteiger partial charge in [0.1, 0.15) is 11.4 Å². The lowest BCUT2D eigenvalue weighted by molar-refractivity contribution is -0.00966. The summed E-state index contributed by atoms with van der Waals surface area (Å²) in [5.41, 5.74) is 1.27. The number of piperidine rings is 1. The first-order valence-electron chi connectivity index (χ1n) is 10.7. The molecule has 1 atom stereocenters. The third-order valence-electron chi connectivity index (χ3n) is 5.72. The first-order valence-corrected chi connectivity index (χ1v) is 11.5. The number of carbonyl (C=O) groups excluding carboxylic acids is 1. The zero-order valence-electron chi connectivity index (χ0n) is 18.7. The quantitative estimate of drug-likeness (QED) is 0.470. The Kier molecular flexibility index (Phi) is 7.43. The first kappa shape index (κ1) is 23.7. The number of hydrogen-bond donors (Lipinski definition) is 0. The second kappa shape index (κ2) is 9.70. The van der Waals surface area contributed by atoms with E-state index in [9.17, 15) is 9.18 Å². The number of ether oxygens (including phenoxy) is 2. The summed E-state index contributed by atoms with van der Waals surface area (Å²) in [7, 11) is 0. The summed E-state index contributed by atoms with van der Waals surface area (Å²) >= 11 is 3.35. The number of rotatable bonds is 5. The van der Waals surface area contributed by atoms with E-state index in [4.69, 9.17) is 9.47 Å². The van der Waals surface area contributed by atoms with Gasteiger partial charge < -0.3 is 14.4 Å². The number of nitrogens with zero attached hydrogens (tertiary/aromatic N) is 1. The van der Waals surface area contributed by atoms with Gasteiger partial charge in [-0.15, -0.1) is 0 Å². The van der Waals surface area contributed by atoms with Crippen molar-refractivity contribution in [2.75, 3.05) is 19.7 Å². The molecule has 1 unspecified atom stereocenters. The van der Waals surface area contributed by atoms with Crippen molar-refractivity contribution in [3.63, 3.8) is 0 Å². The molecule has 1 aliphatic rings. The van der Waals surface area contributed by atoms with E-state index in [-0.39, 0.29) is 23.4 Å². The van der Waals surface area contributed by atoms with Gasteiger partial charge in [-0.1, -0.05) is 46.3 Å². The van der Waals surface area contributed by atoms with Crippen LogP contribution in [0.3, 0.4) is 0 Å². The molecular formula is C25H31BrFNO3. The molecule has 2 aromatic rings. The molecule has 4 nitrogen and oxygen atoms in total. The Bertz CT molecular complexity index is 869. The van der Waals surface area contributed by atoms with Gasteiger partial charge in [-0.2, -0.15) is 0 Å². The van der Waals surface area contributed by atoms with Crippen molar-refractivity contribution < 1.29 is 18.7 Å². The van der Waals surface area contributed by atoms with Crippen molar-refractivity contribution in [2.45, 2.75) is 57.7 Å². The fourth-order valence-electron chi connectivity index (χ4n) is 3.94. The van der Waals surface area contributed by atoms with Crippen molar-refractivity contribution in [3.05, 3.63) is 69.9 Å². The lowest BCUT2D eigenvalue weighted by Crippen LogP contribution is -2.48. The largest absolute Gasteiger partial charge is 0.444 e. The van der Waals surface area contributed by atoms with Crippen molar-refractivity contribution in [3.8, 4) is 0 Å². The Labute approximate surface area is 192 Å². The van der Waals surface area contributed by atoms with E-state index in [1.165, 1.54) is 17.7 Å². The molecular weight excluding hydrogens is 461 g/mol. The number of benzene rings is 2. The molecule has 0 spiro atoms. The maximum atomic E-state index is 13.8. The first-order chi connectivity index (χ1) is 14.6. The molecule has 1 fully saturated rings. The molecule has 3 rings (SSSR count). The molecule has 1 saturated heterocycles. The number of amides is 1. The number of carbonyl (C=O) groups is 1. The number of halogens is 2. The molecule has 1 aliphatic heterocycles. The number of hydrogen-bond acceptors (Lipinski definition) is 3. The standard InChI is InChI=1S/C25H31BrFNO3/c1-18(19-14-21(26)16-22(27)15-19)30-17-25(20-8-6-5-7-9-20)10-12-28(13-11-25)23(29)31-24(2,3)4/h5-9,14-16,18H,10-13,17H2,1-4H3. The summed E-state index contributed by atoms with van der Waals surface area (Å²) in [4.78, 5) is 14.3. The van der Waals surface area contributed by atoms with Crippen LogP contribution in [0, 0.1) is 5.82 Å². The van der Waals surface area contributed by atoms with Gasteiger partial charge in [-0.25, -0.2) is 9.18 Å². The minimum absolute atomic E-state index is 0.210. The molecule has 0 N–H and O–H groups in total. The van der Waals surface area contributed by atoms with E-state index in [0.717, 1.165) is 18.4 Å². The summed E-state index contributed by atoms with van der Waals surface area (Å²) in [5.74, 6) is -0.289. The number of likely N-dealkylation sites (tertiary alicyclic amines) is 1. The highest BCUT2D eigenvalue weighted by Crippen LogP contribution is 2.38. The molecule has 0 radical (unpaired) electrons. The minimum Gasteiger partial charge on any atom is -0.444 e. The molecule has 6 heteroatoms. The van der Waals surface area contributed by atoms with Gasteiger partial charge in [0.15, 0.2) is 0 Å². The fraction of sp³-hybridized carbons (Fsp3) is 0.480. The molecule has 168 valence electrons. The van der Waals surface area contributed by atoms with Crippen LogP contribution < -0.4 is 0 Å². The van der Waals surface area contributed by atoms with Crippen LogP contribution in [0.25, 0.3) is 0 Å². The average molecular weight is 492 g/mol. The molecule has 0 saturated carbocycles. The van der Waals surface area contributed by atoms with E-state index in [2.05, 4.69) is 28.1 Å². The normalized spacial score (nSPS) is 17.3. The predicted molar refractivity (Wildman–Crippen MR) is 124 cm³/mol. The summed E-state index contributed by atoms with van der Waals surface area (Å²) in [6, 6.07) is 15.1. The highest BCUT2D eigenvalue weighted by atomic mass is 79.9. The van der Waals surface area contributed by atoms with Gasteiger partial charge in [0.05, 0.1) is 12.7 Å². The lowest BCUT2D eigenvalue weighted by atomic mass is 9.73. The minimum atomic E-state index is -0.511. The summed E-state index contributed by atoms with van der Waals surface area (Å²) in [6.07, 6.45) is 1.02. The SMILES string of the molecule is CC(OCC1(c2ccccc2)CCN(C(=O)OC(C)(C)C)CC1)c1cc(F)cc(Br)c1. The zero-order valence-corrected chi connectivity index (χ0v) is 20.2. The van der Waals surface area contributed by atoms with Crippen LogP contribution >= 0.6 is 15.9 Å². The van der Waals surface area contributed by atoms with Crippen molar-refractivity contribution >= 4 is 22.0 Å². The molecule has 0 aliphatic carbocycles. The van der Waals surface area contributed by atoms with Crippen LogP contribution in [0.15, 0.2) is 53.0 Å². The van der Waals surface area contributed by atoms with Crippen molar-refractivity contribution in [1.29, 1.82) is 0 Å². The van der Waals surface area contributed by atoms with Crippen LogP contribution in [0.5, 0.6) is 0 Å². The summed E-state index contributed by atoms with van der Waals surface area (Å²) < 4.78 is 26.4. The fourth-order valence-corrected chi connectivity index (χ4v) is 4.43. The maximum absolute atomic E-state index is 13.8. The van der Waals surface area contributed by atoms with E-state index in [1.54, 1.807) is 4.90 Å². The smallest absolute Gasteiger partial charge is 0.410 e. The van der Waals surface area contributed by atoms with Gasteiger partial charge in [0.25, 0.3) is 0 Å². The van der Waals surface area contributed by atoms with Gasteiger partial charge in [-0.05, 0) is 69.9 Å². The third kappa shape index (κ3) is 6.30. The summed E-state index contributed by atoms with van der Waals surface area (Å²) in [5, 5.41) is 0.